The molecule has 0 aliphatic heterocycles. The molecule has 2 aromatic rings. The molecule has 0 saturated heterocycles. The van der Waals surface area contributed by atoms with Gasteiger partial charge in [-0.3, -0.25) is 9.59 Å². The SMILES string of the molecule is CC(Cl)C(=O)N(CC(=O)N(Cc1ccccc1)Cc1cccs1)C(C)C. The second-order valence-electron chi connectivity index (χ2n) is 6.49. The topological polar surface area (TPSA) is 40.6 Å². The van der Waals surface area contributed by atoms with Crippen LogP contribution in [0.15, 0.2) is 47.8 Å². The van der Waals surface area contributed by atoms with Gasteiger partial charge in [0.05, 0.1) is 6.54 Å². The van der Waals surface area contributed by atoms with Gasteiger partial charge in [0.2, 0.25) is 11.8 Å². The number of rotatable bonds is 8. The fourth-order valence-electron chi connectivity index (χ4n) is 2.62. The molecule has 0 aliphatic rings. The van der Waals surface area contributed by atoms with Crippen molar-refractivity contribution in [2.45, 2.75) is 45.3 Å². The normalized spacial score (nSPS) is 12.0. The summed E-state index contributed by atoms with van der Waals surface area (Å²) in [4.78, 5) is 29.8. The zero-order valence-corrected chi connectivity index (χ0v) is 17.0. The minimum atomic E-state index is -0.648. The molecule has 0 fully saturated rings. The van der Waals surface area contributed by atoms with E-state index in [-0.39, 0.29) is 24.4 Å². The van der Waals surface area contributed by atoms with Gasteiger partial charge in [0.1, 0.15) is 11.9 Å². The Kier molecular flexibility index (Phi) is 7.66. The summed E-state index contributed by atoms with van der Waals surface area (Å²) < 4.78 is 0. The first-order chi connectivity index (χ1) is 12.4. The average Bonchev–Trinajstić information content (AvgIpc) is 3.12. The van der Waals surface area contributed by atoms with Crippen molar-refractivity contribution in [1.82, 2.24) is 9.80 Å². The fraction of sp³-hybridized carbons (Fsp3) is 0.400. The molecule has 1 atom stereocenters. The Bertz CT molecular complexity index is 702. The molecule has 1 aromatic carbocycles. The smallest absolute Gasteiger partial charge is 0.242 e. The van der Waals surface area contributed by atoms with Gasteiger partial charge >= 0.3 is 0 Å². The van der Waals surface area contributed by atoms with Crippen LogP contribution in [0.5, 0.6) is 0 Å². The summed E-state index contributed by atoms with van der Waals surface area (Å²) in [6.07, 6.45) is 0. The number of amides is 2. The van der Waals surface area contributed by atoms with Crippen LogP contribution < -0.4 is 0 Å². The molecule has 1 heterocycles. The second kappa shape index (κ2) is 9.74. The fourth-order valence-corrected chi connectivity index (χ4v) is 3.46. The molecule has 4 nitrogen and oxygen atoms in total. The summed E-state index contributed by atoms with van der Waals surface area (Å²) in [6, 6.07) is 13.8. The van der Waals surface area contributed by atoms with Crippen LogP contribution in [0.4, 0.5) is 0 Å². The van der Waals surface area contributed by atoms with Crippen LogP contribution in [0.1, 0.15) is 31.2 Å². The van der Waals surface area contributed by atoms with E-state index in [0.717, 1.165) is 10.4 Å². The molecule has 1 aromatic heterocycles. The van der Waals surface area contributed by atoms with Crippen LogP contribution in [0.2, 0.25) is 0 Å². The molecule has 26 heavy (non-hydrogen) atoms. The van der Waals surface area contributed by atoms with E-state index in [9.17, 15) is 9.59 Å². The van der Waals surface area contributed by atoms with Gasteiger partial charge in [-0.1, -0.05) is 36.4 Å². The summed E-state index contributed by atoms with van der Waals surface area (Å²) in [7, 11) is 0. The van der Waals surface area contributed by atoms with Gasteiger partial charge in [0.15, 0.2) is 0 Å². The largest absolute Gasteiger partial charge is 0.332 e. The maximum Gasteiger partial charge on any atom is 0.242 e. The molecule has 0 spiro atoms. The maximum atomic E-state index is 13.0. The predicted molar refractivity (Wildman–Crippen MR) is 107 cm³/mol. The van der Waals surface area contributed by atoms with Gasteiger partial charge in [-0.25, -0.2) is 0 Å². The number of thiophene rings is 1. The lowest BCUT2D eigenvalue weighted by molar-refractivity contribution is -0.142. The summed E-state index contributed by atoms with van der Waals surface area (Å²) in [5, 5.41) is 1.35. The summed E-state index contributed by atoms with van der Waals surface area (Å²) in [6.45, 7) is 6.50. The predicted octanol–water partition coefficient (Wildman–Crippen LogP) is 4.14. The summed E-state index contributed by atoms with van der Waals surface area (Å²) >= 11 is 7.58. The molecule has 0 N–H and O–H groups in total. The van der Waals surface area contributed by atoms with Gasteiger partial charge in [-0.2, -0.15) is 0 Å². The third-order valence-corrected chi connectivity index (χ3v) is 5.10. The van der Waals surface area contributed by atoms with E-state index in [1.165, 1.54) is 0 Å². The molecule has 0 saturated carbocycles. The number of benzene rings is 1. The van der Waals surface area contributed by atoms with Gasteiger partial charge in [0.25, 0.3) is 0 Å². The van der Waals surface area contributed by atoms with E-state index >= 15 is 0 Å². The Hall–Kier alpha value is -1.85. The number of halogens is 1. The van der Waals surface area contributed by atoms with E-state index in [1.54, 1.807) is 28.1 Å². The molecule has 6 heteroatoms. The highest BCUT2D eigenvalue weighted by molar-refractivity contribution is 7.09. The molecule has 0 aliphatic carbocycles. The number of alkyl halides is 1. The Morgan fingerprint density at radius 2 is 1.73 bits per heavy atom. The average molecular weight is 393 g/mol. The number of hydrogen-bond acceptors (Lipinski definition) is 3. The van der Waals surface area contributed by atoms with Crippen LogP contribution in [0.3, 0.4) is 0 Å². The summed E-state index contributed by atoms with van der Waals surface area (Å²) in [5.74, 6) is -0.299. The van der Waals surface area contributed by atoms with E-state index in [4.69, 9.17) is 11.6 Å². The third-order valence-electron chi connectivity index (χ3n) is 4.05. The van der Waals surface area contributed by atoms with Crippen molar-refractivity contribution >= 4 is 34.8 Å². The highest BCUT2D eigenvalue weighted by Gasteiger charge is 2.26. The van der Waals surface area contributed by atoms with Crippen molar-refractivity contribution in [3.05, 3.63) is 58.3 Å². The first-order valence-electron chi connectivity index (χ1n) is 8.67. The Morgan fingerprint density at radius 1 is 1.04 bits per heavy atom. The lowest BCUT2D eigenvalue weighted by atomic mass is 10.2. The number of hydrogen-bond donors (Lipinski definition) is 0. The molecule has 2 rings (SSSR count). The first-order valence-corrected chi connectivity index (χ1v) is 9.98. The number of carbonyl (C=O) groups excluding carboxylic acids is 2. The van der Waals surface area contributed by atoms with E-state index in [1.807, 2.05) is 61.7 Å². The van der Waals surface area contributed by atoms with Gasteiger partial charge < -0.3 is 9.80 Å². The Labute approximate surface area is 164 Å². The highest BCUT2D eigenvalue weighted by Crippen LogP contribution is 2.16. The molecule has 0 radical (unpaired) electrons. The lowest BCUT2D eigenvalue weighted by Crippen LogP contribution is -2.47. The van der Waals surface area contributed by atoms with Gasteiger partial charge in [0, 0.05) is 17.5 Å². The monoisotopic (exact) mass is 392 g/mol. The maximum absolute atomic E-state index is 13.0. The molecule has 2 amide bonds. The molecule has 0 bridgehead atoms. The lowest BCUT2D eigenvalue weighted by Gasteiger charge is -2.30. The third kappa shape index (κ3) is 5.85. The minimum absolute atomic E-state index is 0.0335. The second-order valence-corrected chi connectivity index (χ2v) is 8.18. The van der Waals surface area contributed by atoms with E-state index in [2.05, 4.69) is 0 Å². The first kappa shape index (κ1) is 20.5. The Balaban J connectivity index is 2.16. The quantitative estimate of drug-likeness (QED) is 0.633. The van der Waals surface area contributed by atoms with Crippen LogP contribution in [-0.4, -0.2) is 39.6 Å². The van der Waals surface area contributed by atoms with Gasteiger partial charge in [-0.15, -0.1) is 22.9 Å². The standard InChI is InChI=1S/C20H25ClN2O2S/c1-15(2)23(20(25)16(3)21)14-19(24)22(13-18-10-7-11-26-18)12-17-8-5-4-6-9-17/h4-11,15-16H,12-14H2,1-3H3. The van der Waals surface area contributed by atoms with Crippen molar-refractivity contribution in [1.29, 1.82) is 0 Å². The van der Waals surface area contributed by atoms with Crippen LogP contribution >= 0.6 is 22.9 Å². The minimum Gasteiger partial charge on any atom is -0.332 e. The van der Waals surface area contributed by atoms with Gasteiger partial charge in [-0.05, 0) is 37.8 Å². The Morgan fingerprint density at radius 3 is 2.27 bits per heavy atom. The molecule has 140 valence electrons. The zero-order valence-electron chi connectivity index (χ0n) is 15.4. The number of nitrogens with zero attached hydrogens (tertiary/aromatic N) is 2. The van der Waals surface area contributed by atoms with Crippen LogP contribution in [-0.2, 0) is 22.7 Å². The van der Waals surface area contributed by atoms with Crippen LogP contribution in [0.25, 0.3) is 0 Å². The van der Waals surface area contributed by atoms with Crippen molar-refractivity contribution in [3.63, 3.8) is 0 Å². The van der Waals surface area contributed by atoms with E-state index < -0.39 is 5.38 Å². The molecular weight excluding hydrogens is 368 g/mol. The van der Waals surface area contributed by atoms with E-state index in [0.29, 0.717) is 13.1 Å². The summed E-state index contributed by atoms with van der Waals surface area (Å²) in [5.41, 5.74) is 1.06. The molecular formula is C20H25ClN2O2S. The van der Waals surface area contributed by atoms with Crippen molar-refractivity contribution in [2.24, 2.45) is 0 Å². The zero-order chi connectivity index (χ0) is 19.1. The van der Waals surface area contributed by atoms with Crippen molar-refractivity contribution in [3.8, 4) is 0 Å². The van der Waals surface area contributed by atoms with Crippen molar-refractivity contribution in [2.75, 3.05) is 6.54 Å². The molecule has 1 unspecified atom stereocenters. The number of carbonyl (C=O) groups is 2. The van der Waals surface area contributed by atoms with Crippen LogP contribution in [0, 0.1) is 0 Å². The highest BCUT2D eigenvalue weighted by atomic mass is 35.5. The van der Waals surface area contributed by atoms with Crippen molar-refractivity contribution < 1.29 is 9.59 Å².